The van der Waals surface area contributed by atoms with Gasteiger partial charge in [0.1, 0.15) is 12.3 Å². The topological polar surface area (TPSA) is 92.4 Å². The Morgan fingerprint density at radius 3 is 2.59 bits per heavy atom. The molecule has 17 heavy (non-hydrogen) atoms. The zero-order valence-electron chi connectivity index (χ0n) is 9.95. The molecule has 0 aliphatic carbocycles. The van der Waals surface area contributed by atoms with E-state index in [4.69, 9.17) is 9.63 Å². The van der Waals surface area contributed by atoms with E-state index in [1.165, 1.54) is 0 Å². The van der Waals surface area contributed by atoms with Crippen LogP contribution in [-0.4, -0.2) is 28.7 Å². The molecule has 0 bridgehead atoms. The fourth-order valence-corrected chi connectivity index (χ4v) is 1.54. The van der Waals surface area contributed by atoms with Crippen molar-refractivity contribution >= 4 is 11.9 Å². The average Bonchev–Trinajstić information content (AvgIpc) is 2.68. The highest BCUT2D eigenvalue weighted by Gasteiger charge is 2.16. The van der Waals surface area contributed by atoms with Gasteiger partial charge in [0.25, 0.3) is 0 Å². The molecule has 0 unspecified atom stereocenters. The molecule has 0 atom stereocenters. The van der Waals surface area contributed by atoms with Crippen LogP contribution in [0.5, 0.6) is 0 Å². The predicted molar refractivity (Wildman–Crippen MR) is 59.6 cm³/mol. The van der Waals surface area contributed by atoms with Gasteiger partial charge in [0, 0.05) is 12.0 Å². The lowest BCUT2D eigenvalue weighted by Gasteiger charge is -2.03. The average molecular weight is 240 g/mol. The predicted octanol–water partition coefficient (Wildman–Crippen LogP) is 0.543. The Bertz CT molecular complexity index is 390. The van der Waals surface area contributed by atoms with E-state index in [0.29, 0.717) is 18.6 Å². The first kappa shape index (κ1) is 13.2. The molecule has 0 saturated carbocycles. The van der Waals surface area contributed by atoms with Crippen LogP contribution in [0.15, 0.2) is 4.52 Å². The van der Waals surface area contributed by atoms with Crippen molar-refractivity contribution in [2.24, 2.45) is 0 Å². The second-order valence-corrected chi connectivity index (χ2v) is 3.59. The van der Waals surface area contributed by atoms with Crippen molar-refractivity contribution in [3.8, 4) is 0 Å². The number of hydrogen-bond donors (Lipinski definition) is 2. The number of aliphatic carboxylic acids is 1. The first-order valence-electron chi connectivity index (χ1n) is 5.53. The molecule has 94 valence electrons. The molecule has 6 nitrogen and oxygen atoms in total. The van der Waals surface area contributed by atoms with Gasteiger partial charge in [0.05, 0.1) is 12.1 Å². The van der Waals surface area contributed by atoms with Crippen LogP contribution in [0.1, 0.15) is 30.9 Å². The van der Waals surface area contributed by atoms with Crippen molar-refractivity contribution in [1.82, 2.24) is 10.5 Å². The minimum Gasteiger partial charge on any atom is -0.480 e. The van der Waals surface area contributed by atoms with Crippen LogP contribution in [0.3, 0.4) is 0 Å². The van der Waals surface area contributed by atoms with E-state index >= 15 is 0 Å². The van der Waals surface area contributed by atoms with E-state index in [9.17, 15) is 9.59 Å². The number of nitrogens with zero attached hydrogens (tertiary/aromatic N) is 1. The number of nitrogens with one attached hydrogen (secondary N) is 1. The van der Waals surface area contributed by atoms with Crippen molar-refractivity contribution in [3.63, 3.8) is 0 Å². The molecule has 1 amide bonds. The molecule has 1 rings (SSSR count). The van der Waals surface area contributed by atoms with Gasteiger partial charge in [-0.15, -0.1) is 0 Å². The maximum Gasteiger partial charge on any atom is 0.322 e. The van der Waals surface area contributed by atoms with Crippen molar-refractivity contribution in [2.75, 3.05) is 6.54 Å². The number of carbonyl (C=O) groups is 2. The summed E-state index contributed by atoms with van der Waals surface area (Å²) in [6, 6.07) is 0. The van der Waals surface area contributed by atoms with Crippen LogP contribution >= 0.6 is 0 Å². The van der Waals surface area contributed by atoms with E-state index in [1.807, 2.05) is 13.8 Å². The smallest absolute Gasteiger partial charge is 0.322 e. The largest absolute Gasteiger partial charge is 0.480 e. The molecule has 0 aromatic carbocycles. The summed E-state index contributed by atoms with van der Waals surface area (Å²) in [6.45, 7) is 3.47. The van der Waals surface area contributed by atoms with Gasteiger partial charge < -0.3 is 14.9 Å². The van der Waals surface area contributed by atoms with Gasteiger partial charge in [-0.1, -0.05) is 19.0 Å². The van der Waals surface area contributed by atoms with Gasteiger partial charge in [-0.3, -0.25) is 9.59 Å². The van der Waals surface area contributed by atoms with Crippen molar-refractivity contribution in [1.29, 1.82) is 0 Å². The molecular formula is C11H16N2O4. The molecule has 0 spiro atoms. The molecule has 1 heterocycles. The Morgan fingerprint density at radius 2 is 2.06 bits per heavy atom. The van der Waals surface area contributed by atoms with Crippen LogP contribution in [0.25, 0.3) is 0 Å². The fourth-order valence-electron chi connectivity index (χ4n) is 1.54. The lowest BCUT2D eigenvalue weighted by Crippen LogP contribution is -2.30. The van der Waals surface area contributed by atoms with Crippen LogP contribution < -0.4 is 5.32 Å². The summed E-state index contributed by atoms with van der Waals surface area (Å²) in [5.41, 5.74) is 1.53. The van der Waals surface area contributed by atoms with Crippen molar-refractivity contribution in [3.05, 3.63) is 17.0 Å². The second-order valence-electron chi connectivity index (χ2n) is 3.59. The Kier molecular flexibility index (Phi) is 4.68. The van der Waals surface area contributed by atoms with E-state index in [-0.39, 0.29) is 18.9 Å². The lowest BCUT2D eigenvalue weighted by molar-refractivity contribution is -0.137. The molecule has 0 saturated heterocycles. The first-order valence-corrected chi connectivity index (χ1v) is 5.53. The summed E-state index contributed by atoms with van der Waals surface area (Å²) in [7, 11) is 0. The molecule has 2 N–H and O–H groups in total. The number of aryl methyl sites for hydroxylation is 2. The normalized spacial score (nSPS) is 10.2. The van der Waals surface area contributed by atoms with E-state index in [0.717, 1.165) is 11.3 Å². The highest BCUT2D eigenvalue weighted by atomic mass is 16.5. The fraction of sp³-hybridized carbons (Fsp3) is 0.545. The first-order chi connectivity index (χ1) is 8.08. The quantitative estimate of drug-likeness (QED) is 0.757. The van der Waals surface area contributed by atoms with Crippen molar-refractivity contribution in [2.45, 2.75) is 33.1 Å². The third-order valence-corrected chi connectivity index (χ3v) is 2.38. The maximum atomic E-state index is 11.5. The number of rotatable bonds is 6. The Hall–Kier alpha value is -1.85. The van der Waals surface area contributed by atoms with Gasteiger partial charge >= 0.3 is 5.97 Å². The van der Waals surface area contributed by atoms with Gasteiger partial charge in [-0.05, 0) is 6.42 Å². The van der Waals surface area contributed by atoms with Crippen LogP contribution in [0.4, 0.5) is 0 Å². The summed E-state index contributed by atoms with van der Waals surface area (Å²) >= 11 is 0. The third-order valence-electron chi connectivity index (χ3n) is 2.38. The summed E-state index contributed by atoms with van der Waals surface area (Å²) < 4.78 is 5.12. The molecule has 1 aromatic rings. The molecule has 0 aliphatic rings. The van der Waals surface area contributed by atoms with Gasteiger partial charge in [0.15, 0.2) is 0 Å². The van der Waals surface area contributed by atoms with Gasteiger partial charge in [0.2, 0.25) is 5.91 Å². The molecule has 1 aromatic heterocycles. The van der Waals surface area contributed by atoms with E-state index < -0.39 is 5.97 Å². The minimum absolute atomic E-state index is 0.114. The molecule has 0 aliphatic heterocycles. The summed E-state index contributed by atoms with van der Waals surface area (Å²) in [6.07, 6.45) is 1.46. The zero-order valence-corrected chi connectivity index (χ0v) is 9.95. The molecular weight excluding hydrogens is 224 g/mol. The second kappa shape index (κ2) is 6.03. The number of aromatic nitrogens is 1. The number of carbonyl (C=O) groups excluding carboxylic acids is 1. The lowest BCUT2D eigenvalue weighted by atomic mass is 10.1. The van der Waals surface area contributed by atoms with Gasteiger partial charge in [-0.25, -0.2) is 0 Å². The summed E-state index contributed by atoms with van der Waals surface area (Å²) in [4.78, 5) is 21.8. The van der Waals surface area contributed by atoms with Gasteiger partial charge in [-0.2, -0.15) is 0 Å². The molecule has 6 heteroatoms. The minimum atomic E-state index is -1.06. The highest BCUT2D eigenvalue weighted by Crippen LogP contribution is 2.16. The molecule has 0 fully saturated rings. The van der Waals surface area contributed by atoms with Crippen molar-refractivity contribution < 1.29 is 19.2 Å². The number of hydrogen-bond acceptors (Lipinski definition) is 4. The zero-order chi connectivity index (χ0) is 12.8. The number of carboxylic acids is 1. The number of amides is 1. The molecule has 0 radical (unpaired) electrons. The Morgan fingerprint density at radius 1 is 1.35 bits per heavy atom. The highest BCUT2D eigenvalue weighted by molar-refractivity contribution is 5.83. The van der Waals surface area contributed by atoms with E-state index in [2.05, 4.69) is 10.5 Å². The Labute approximate surface area is 99.0 Å². The maximum absolute atomic E-state index is 11.5. The third kappa shape index (κ3) is 3.58. The number of carboxylic acid groups (broad SMARTS) is 1. The van der Waals surface area contributed by atoms with Crippen LogP contribution in [0.2, 0.25) is 0 Å². The monoisotopic (exact) mass is 240 g/mol. The van der Waals surface area contributed by atoms with Crippen LogP contribution in [-0.2, 0) is 28.9 Å². The Balaban J connectivity index is 2.69. The van der Waals surface area contributed by atoms with E-state index in [1.54, 1.807) is 0 Å². The summed E-state index contributed by atoms with van der Waals surface area (Å²) in [5, 5.41) is 14.6. The standard InChI is InChI=1S/C11H16N2O4/c1-3-8-7(9(4-2)17-13-8)5-10(14)12-6-11(15)16/h3-6H2,1-2H3,(H,12,14)(H,15,16). The SMILES string of the molecule is CCc1noc(CC)c1CC(=O)NCC(=O)O. The van der Waals surface area contributed by atoms with Crippen LogP contribution in [0, 0.1) is 0 Å². The summed E-state index contributed by atoms with van der Waals surface area (Å²) in [5.74, 6) is -0.706.